The number of ether oxygens (including phenoxy) is 1. The second-order valence-electron chi connectivity index (χ2n) is 5.70. The Hall–Kier alpha value is -3.07. The molecular formula is C19H13F3O5S. The molecule has 0 spiro atoms. The van der Waals surface area contributed by atoms with Crippen molar-refractivity contribution in [2.45, 2.75) is 5.51 Å². The molecule has 3 rings (SSSR count). The minimum Gasteiger partial charge on any atom is -0.497 e. The maximum atomic E-state index is 13.0. The number of benzene rings is 3. The average molecular weight is 410 g/mol. The van der Waals surface area contributed by atoms with Crippen LogP contribution in [0.15, 0.2) is 60.7 Å². The van der Waals surface area contributed by atoms with Crippen LogP contribution in [0.2, 0.25) is 0 Å². The predicted octanol–water partition coefficient (Wildman–Crippen LogP) is 4.31. The van der Waals surface area contributed by atoms with Crippen LogP contribution in [0.4, 0.5) is 13.2 Å². The second-order valence-corrected chi connectivity index (χ2v) is 7.24. The van der Waals surface area contributed by atoms with Crippen LogP contribution in [0.3, 0.4) is 0 Å². The van der Waals surface area contributed by atoms with E-state index in [1.165, 1.54) is 37.4 Å². The van der Waals surface area contributed by atoms with E-state index in [4.69, 9.17) is 4.74 Å². The first-order valence-electron chi connectivity index (χ1n) is 7.85. The third-order valence-electron chi connectivity index (χ3n) is 3.93. The maximum absolute atomic E-state index is 13.0. The molecule has 28 heavy (non-hydrogen) atoms. The lowest BCUT2D eigenvalue weighted by molar-refractivity contribution is -0.0500. The molecule has 5 nitrogen and oxygen atoms in total. The predicted molar refractivity (Wildman–Crippen MR) is 96.0 cm³/mol. The average Bonchev–Trinajstić information content (AvgIpc) is 2.66. The minimum atomic E-state index is -5.95. The van der Waals surface area contributed by atoms with Crippen molar-refractivity contribution in [2.75, 3.05) is 7.11 Å². The molecule has 0 atom stereocenters. The van der Waals surface area contributed by atoms with Crippen molar-refractivity contribution in [3.05, 3.63) is 71.8 Å². The summed E-state index contributed by atoms with van der Waals surface area (Å²) in [6, 6.07) is 14.6. The van der Waals surface area contributed by atoms with Gasteiger partial charge in [0.25, 0.3) is 0 Å². The molecule has 0 amide bonds. The Morgan fingerprint density at radius 1 is 0.964 bits per heavy atom. The highest BCUT2D eigenvalue weighted by molar-refractivity contribution is 7.88. The molecule has 0 aliphatic rings. The van der Waals surface area contributed by atoms with Gasteiger partial charge in [0.2, 0.25) is 0 Å². The Kier molecular flexibility index (Phi) is 5.03. The first-order valence-corrected chi connectivity index (χ1v) is 9.26. The van der Waals surface area contributed by atoms with Gasteiger partial charge in [-0.05, 0) is 35.0 Å². The largest absolute Gasteiger partial charge is 0.534 e. The summed E-state index contributed by atoms with van der Waals surface area (Å²) in [5, 5.41) is 0.694. The molecule has 0 fully saturated rings. The van der Waals surface area contributed by atoms with Gasteiger partial charge in [-0.15, -0.1) is 0 Å². The summed E-state index contributed by atoms with van der Waals surface area (Å²) in [4.78, 5) is 13.0. The fourth-order valence-electron chi connectivity index (χ4n) is 2.62. The zero-order valence-corrected chi connectivity index (χ0v) is 15.2. The Morgan fingerprint density at radius 3 is 2.25 bits per heavy atom. The third-order valence-corrected chi connectivity index (χ3v) is 4.90. The normalized spacial score (nSPS) is 12.0. The lowest BCUT2D eigenvalue weighted by Gasteiger charge is -2.15. The van der Waals surface area contributed by atoms with Crippen molar-refractivity contribution in [3.63, 3.8) is 0 Å². The van der Waals surface area contributed by atoms with Crippen LogP contribution >= 0.6 is 0 Å². The topological polar surface area (TPSA) is 69.7 Å². The molecule has 0 bridgehead atoms. The summed E-state index contributed by atoms with van der Waals surface area (Å²) in [5.41, 5.74) is -5.76. The number of alkyl halides is 3. The summed E-state index contributed by atoms with van der Waals surface area (Å²) in [5.74, 6) is -0.922. The van der Waals surface area contributed by atoms with Crippen LogP contribution in [0.25, 0.3) is 10.8 Å². The molecule has 9 heteroatoms. The van der Waals surface area contributed by atoms with Gasteiger partial charge in [0.15, 0.2) is 11.5 Å². The van der Waals surface area contributed by atoms with Crippen LogP contribution < -0.4 is 8.92 Å². The monoisotopic (exact) mass is 410 g/mol. The van der Waals surface area contributed by atoms with Crippen LogP contribution in [0.1, 0.15) is 15.9 Å². The molecule has 0 heterocycles. The number of rotatable bonds is 5. The van der Waals surface area contributed by atoms with Crippen molar-refractivity contribution in [3.8, 4) is 11.5 Å². The molecule has 0 radical (unpaired) electrons. The van der Waals surface area contributed by atoms with Crippen molar-refractivity contribution in [2.24, 2.45) is 0 Å². The molecule has 146 valence electrons. The molecule has 0 aliphatic carbocycles. The number of carbonyl (C=O) groups excluding carboxylic acids is 1. The minimum absolute atomic E-state index is 0.167. The standard InChI is InChI=1S/C19H13F3O5S/c1-26-14-8-9-15-13(11-14)7-10-16(27-28(24,25)19(20,21)22)17(15)18(23)12-5-3-2-4-6-12/h2-11H,1H3. The smallest absolute Gasteiger partial charge is 0.497 e. The number of fused-ring (bicyclic) bond motifs is 1. The number of hydrogen-bond acceptors (Lipinski definition) is 5. The van der Waals surface area contributed by atoms with Crippen LogP contribution in [-0.4, -0.2) is 26.8 Å². The molecule has 3 aromatic carbocycles. The molecule has 0 unspecified atom stereocenters. The van der Waals surface area contributed by atoms with Crippen molar-refractivity contribution < 1.29 is 35.3 Å². The van der Waals surface area contributed by atoms with Gasteiger partial charge in [0, 0.05) is 5.56 Å². The van der Waals surface area contributed by atoms with Crippen LogP contribution in [-0.2, 0) is 10.1 Å². The highest BCUT2D eigenvalue weighted by Crippen LogP contribution is 2.35. The molecule has 0 aliphatic heterocycles. The Balaban J connectivity index is 2.25. The molecule has 0 saturated carbocycles. The molecule has 0 N–H and O–H groups in total. The second kappa shape index (κ2) is 7.16. The first kappa shape index (κ1) is 19.7. The highest BCUT2D eigenvalue weighted by atomic mass is 32.2. The lowest BCUT2D eigenvalue weighted by atomic mass is 9.96. The molecule has 0 aromatic heterocycles. The van der Waals surface area contributed by atoms with E-state index in [9.17, 15) is 26.4 Å². The van der Waals surface area contributed by atoms with Gasteiger partial charge in [-0.25, -0.2) is 0 Å². The summed E-state index contributed by atoms with van der Waals surface area (Å²) in [6.07, 6.45) is 0. The van der Waals surface area contributed by atoms with Crippen molar-refractivity contribution in [1.29, 1.82) is 0 Å². The van der Waals surface area contributed by atoms with E-state index in [1.54, 1.807) is 24.3 Å². The fraction of sp³-hybridized carbons (Fsp3) is 0.105. The van der Waals surface area contributed by atoms with Gasteiger partial charge in [0.05, 0.1) is 12.7 Å². The SMILES string of the molecule is COc1ccc2c(C(=O)c3ccccc3)c(OS(=O)(=O)C(F)(F)F)ccc2c1. The van der Waals surface area contributed by atoms with E-state index in [0.29, 0.717) is 11.1 Å². The van der Waals surface area contributed by atoms with Crippen LogP contribution in [0.5, 0.6) is 11.5 Å². The highest BCUT2D eigenvalue weighted by Gasteiger charge is 2.49. The van der Waals surface area contributed by atoms with Gasteiger partial charge in [-0.3, -0.25) is 4.79 Å². The van der Waals surface area contributed by atoms with Gasteiger partial charge in [0.1, 0.15) is 5.75 Å². The quantitative estimate of drug-likeness (QED) is 0.356. The van der Waals surface area contributed by atoms with E-state index >= 15 is 0 Å². The van der Waals surface area contributed by atoms with E-state index < -0.39 is 27.2 Å². The zero-order chi connectivity index (χ0) is 20.5. The van der Waals surface area contributed by atoms with Crippen molar-refractivity contribution in [1.82, 2.24) is 0 Å². The molecule has 0 saturated heterocycles. The van der Waals surface area contributed by atoms with Gasteiger partial charge in [-0.1, -0.05) is 36.4 Å². The number of hydrogen-bond donors (Lipinski definition) is 0. The summed E-state index contributed by atoms with van der Waals surface area (Å²) < 4.78 is 70.7. The number of halogens is 3. The van der Waals surface area contributed by atoms with Crippen LogP contribution in [0, 0.1) is 0 Å². The third kappa shape index (κ3) is 3.65. The van der Waals surface area contributed by atoms with Gasteiger partial charge < -0.3 is 8.92 Å². The van der Waals surface area contributed by atoms with E-state index in [2.05, 4.69) is 4.18 Å². The fourth-order valence-corrected chi connectivity index (χ4v) is 3.09. The number of ketones is 1. The number of methoxy groups -OCH3 is 1. The summed E-state index contributed by atoms with van der Waals surface area (Å²) in [6.45, 7) is 0. The summed E-state index contributed by atoms with van der Waals surface area (Å²) in [7, 11) is -4.51. The lowest BCUT2D eigenvalue weighted by Crippen LogP contribution is -2.28. The van der Waals surface area contributed by atoms with E-state index in [-0.39, 0.29) is 16.5 Å². The van der Waals surface area contributed by atoms with Gasteiger partial charge >= 0.3 is 15.6 Å². The Labute approximate surface area is 158 Å². The summed E-state index contributed by atoms with van der Waals surface area (Å²) >= 11 is 0. The van der Waals surface area contributed by atoms with E-state index in [0.717, 1.165) is 6.07 Å². The van der Waals surface area contributed by atoms with E-state index in [1.807, 2.05) is 0 Å². The molecular weight excluding hydrogens is 397 g/mol. The molecule has 3 aromatic rings. The first-order chi connectivity index (χ1) is 13.1. The number of carbonyl (C=O) groups is 1. The van der Waals surface area contributed by atoms with Gasteiger partial charge in [-0.2, -0.15) is 21.6 Å². The van der Waals surface area contributed by atoms with Crippen molar-refractivity contribution >= 4 is 26.7 Å². The Bertz CT molecular complexity index is 1140. The Morgan fingerprint density at radius 2 is 1.64 bits per heavy atom. The zero-order valence-electron chi connectivity index (χ0n) is 14.4. The maximum Gasteiger partial charge on any atom is 0.534 e.